The number of nitrogens with zero attached hydrogens (tertiary/aromatic N) is 4. The van der Waals surface area contributed by atoms with E-state index < -0.39 is 0 Å². The second-order valence-electron chi connectivity index (χ2n) is 2.57. The van der Waals surface area contributed by atoms with E-state index in [1.165, 1.54) is 0 Å². The van der Waals surface area contributed by atoms with Gasteiger partial charge in [-0.15, -0.1) is 0 Å². The zero-order chi connectivity index (χ0) is 9.26. The second kappa shape index (κ2) is 2.84. The summed E-state index contributed by atoms with van der Waals surface area (Å²) in [6.45, 7) is 0.380. The van der Waals surface area contributed by atoms with Crippen molar-refractivity contribution in [3.63, 3.8) is 0 Å². The first-order chi connectivity index (χ1) is 6.33. The Labute approximate surface area is 74.4 Å². The van der Waals surface area contributed by atoms with Crippen LogP contribution in [-0.2, 0) is 6.54 Å². The van der Waals surface area contributed by atoms with E-state index in [4.69, 9.17) is 11.0 Å². The van der Waals surface area contributed by atoms with Crippen LogP contribution >= 0.6 is 0 Å². The molecule has 2 N–H and O–H groups in total. The summed E-state index contributed by atoms with van der Waals surface area (Å²) >= 11 is 0. The summed E-state index contributed by atoms with van der Waals surface area (Å²) in [5.41, 5.74) is 7.22. The predicted molar refractivity (Wildman–Crippen MR) is 45.6 cm³/mol. The molecule has 0 atom stereocenters. The molecular formula is C8H7N5. The number of fused-ring (bicyclic) bond motifs is 1. The molecule has 5 heteroatoms. The Morgan fingerprint density at radius 1 is 1.62 bits per heavy atom. The Bertz CT molecular complexity index is 479. The quantitative estimate of drug-likeness (QED) is 0.661. The lowest BCUT2D eigenvalue weighted by molar-refractivity contribution is 0.873. The molecule has 0 bridgehead atoms. The minimum atomic E-state index is 0.380. The van der Waals surface area contributed by atoms with Crippen LogP contribution in [0.5, 0.6) is 0 Å². The van der Waals surface area contributed by atoms with Crippen LogP contribution in [0, 0.1) is 11.3 Å². The van der Waals surface area contributed by atoms with Crippen LogP contribution in [0.25, 0.3) is 5.65 Å². The molecule has 5 nitrogen and oxygen atoms in total. The highest BCUT2D eigenvalue weighted by Gasteiger charge is 2.01. The standard InChI is InChI=1S/C8H7N5/c9-4-6-1-2-13-8(11-6)3-7(5-10)12-13/h1-3H,5,10H2. The third-order valence-corrected chi connectivity index (χ3v) is 1.70. The van der Waals surface area contributed by atoms with Crippen molar-refractivity contribution in [2.75, 3.05) is 0 Å². The van der Waals surface area contributed by atoms with Crippen molar-refractivity contribution in [1.82, 2.24) is 14.6 Å². The van der Waals surface area contributed by atoms with Crippen LogP contribution in [0.1, 0.15) is 11.4 Å². The maximum atomic E-state index is 8.59. The Morgan fingerprint density at radius 2 is 2.46 bits per heavy atom. The highest BCUT2D eigenvalue weighted by molar-refractivity contribution is 5.41. The Hall–Kier alpha value is -1.93. The van der Waals surface area contributed by atoms with Gasteiger partial charge in [0.1, 0.15) is 11.8 Å². The number of aromatic nitrogens is 3. The topological polar surface area (TPSA) is 80.0 Å². The van der Waals surface area contributed by atoms with Gasteiger partial charge >= 0.3 is 0 Å². The molecule has 2 heterocycles. The van der Waals surface area contributed by atoms with Gasteiger partial charge in [-0.25, -0.2) is 9.50 Å². The summed E-state index contributed by atoms with van der Waals surface area (Å²) in [5.74, 6) is 0. The van der Waals surface area contributed by atoms with Crippen molar-refractivity contribution >= 4 is 5.65 Å². The van der Waals surface area contributed by atoms with Gasteiger partial charge in [-0.1, -0.05) is 0 Å². The van der Waals surface area contributed by atoms with Crippen LogP contribution in [-0.4, -0.2) is 14.6 Å². The lowest BCUT2D eigenvalue weighted by Crippen LogP contribution is -1.97. The van der Waals surface area contributed by atoms with Crippen molar-refractivity contribution in [2.24, 2.45) is 5.73 Å². The maximum absolute atomic E-state index is 8.59. The summed E-state index contributed by atoms with van der Waals surface area (Å²) in [5, 5.41) is 12.7. The normalized spacial score (nSPS) is 10.2. The summed E-state index contributed by atoms with van der Waals surface area (Å²) in [6.07, 6.45) is 1.69. The van der Waals surface area contributed by atoms with Crippen molar-refractivity contribution in [3.8, 4) is 6.07 Å². The van der Waals surface area contributed by atoms with Crippen LogP contribution in [0.4, 0.5) is 0 Å². The Morgan fingerprint density at radius 3 is 3.15 bits per heavy atom. The molecule has 64 valence electrons. The van der Waals surface area contributed by atoms with Crippen LogP contribution in [0.15, 0.2) is 18.3 Å². The number of nitrogens with two attached hydrogens (primary N) is 1. The summed E-state index contributed by atoms with van der Waals surface area (Å²) in [6, 6.07) is 5.34. The maximum Gasteiger partial charge on any atom is 0.156 e. The molecule has 0 aliphatic rings. The number of hydrogen-bond donors (Lipinski definition) is 1. The fraction of sp³-hybridized carbons (Fsp3) is 0.125. The largest absolute Gasteiger partial charge is 0.325 e. The van der Waals surface area contributed by atoms with Crippen molar-refractivity contribution in [1.29, 1.82) is 5.26 Å². The molecule has 0 aliphatic carbocycles. The third kappa shape index (κ3) is 1.23. The van der Waals surface area contributed by atoms with Gasteiger partial charge in [0.15, 0.2) is 5.65 Å². The van der Waals surface area contributed by atoms with Gasteiger partial charge < -0.3 is 5.73 Å². The lowest BCUT2D eigenvalue weighted by atomic mass is 10.4. The second-order valence-corrected chi connectivity index (χ2v) is 2.57. The zero-order valence-electron chi connectivity index (χ0n) is 6.81. The lowest BCUT2D eigenvalue weighted by Gasteiger charge is -1.90. The van der Waals surface area contributed by atoms with Gasteiger partial charge in [0.05, 0.1) is 5.69 Å². The fourth-order valence-corrected chi connectivity index (χ4v) is 1.09. The van der Waals surface area contributed by atoms with Crippen LogP contribution < -0.4 is 5.73 Å². The molecule has 2 aromatic rings. The third-order valence-electron chi connectivity index (χ3n) is 1.70. The number of hydrogen-bond acceptors (Lipinski definition) is 4. The highest BCUT2D eigenvalue weighted by atomic mass is 15.2. The first-order valence-corrected chi connectivity index (χ1v) is 3.79. The molecular weight excluding hydrogens is 166 g/mol. The summed E-state index contributed by atoms with van der Waals surface area (Å²) in [7, 11) is 0. The molecule has 0 aromatic carbocycles. The molecule has 0 spiro atoms. The van der Waals surface area contributed by atoms with E-state index in [1.54, 1.807) is 22.8 Å². The van der Waals surface area contributed by atoms with Gasteiger partial charge in [-0.3, -0.25) is 0 Å². The molecule has 2 rings (SSSR count). The van der Waals surface area contributed by atoms with E-state index in [0.717, 1.165) is 5.69 Å². The van der Waals surface area contributed by atoms with Crippen molar-refractivity contribution < 1.29 is 0 Å². The molecule has 0 saturated carbocycles. The first-order valence-electron chi connectivity index (χ1n) is 3.79. The molecule has 0 radical (unpaired) electrons. The zero-order valence-corrected chi connectivity index (χ0v) is 6.81. The number of nitriles is 1. The SMILES string of the molecule is N#Cc1ccn2nc(CN)cc2n1. The van der Waals surface area contributed by atoms with E-state index in [0.29, 0.717) is 17.9 Å². The average molecular weight is 173 g/mol. The molecule has 0 unspecified atom stereocenters. The van der Waals surface area contributed by atoms with Gasteiger partial charge in [0, 0.05) is 18.8 Å². The van der Waals surface area contributed by atoms with Gasteiger partial charge in [0.2, 0.25) is 0 Å². The molecule has 0 fully saturated rings. The van der Waals surface area contributed by atoms with E-state index in [-0.39, 0.29) is 0 Å². The van der Waals surface area contributed by atoms with Gasteiger partial charge in [-0.05, 0) is 6.07 Å². The van der Waals surface area contributed by atoms with Crippen molar-refractivity contribution in [3.05, 3.63) is 29.7 Å². The fourth-order valence-electron chi connectivity index (χ4n) is 1.09. The Kier molecular flexibility index (Phi) is 1.69. The summed E-state index contributed by atoms with van der Waals surface area (Å²) in [4.78, 5) is 4.05. The van der Waals surface area contributed by atoms with Crippen LogP contribution in [0.2, 0.25) is 0 Å². The minimum Gasteiger partial charge on any atom is -0.325 e. The molecule has 0 saturated heterocycles. The molecule has 0 aliphatic heterocycles. The number of rotatable bonds is 1. The molecule has 13 heavy (non-hydrogen) atoms. The van der Waals surface area contributed by atoms with Crippen molar-refractivity contribution in [2.45, 2.75) is 6.54 Å². The van der Waals surface area contributed by atoms with Crippen LogP contribution in [0.3, 0.4) is 0 Å². The van der Waals surface area contributed by atoms with Gasteiger partial charge in [-0.2, -0.15) is 10.4 Å². The van der Waals surface area contributed by atoms with E-state index in [1.807, 2.05) is 6.07 Å². The van der Waals surface area contributed by atoms with E-state index in [2.05, 4.69) is 10.1 Å². The van der Waals surface area contributed by atoms with E-state index >= 15 is 0 Å². The molecule has 2 aromatic heterocycles. The monoisotopic (exact) mass is 173 g/mol. The highest BCUT2D eigenvalue weighted by Crippen LogP contribution is 2.03. The van der Waals surface area contributed by atoms with E-state index in [9.17, 15) is 0 Å². The predicted octanol–water partition coefficient (Wildman–Crippen LogP) is 0.0597. The summed E-state index contributed by atoms with van der Waals surface area (Å²) < 4.78 is 1.60. The minimum absolute atomic E-state index is 0.380. The van der Waals surface area contributed by atoms with Gasteiger partial charge in [0.25, 0.3) is 0 Å². The first kappa shape index (κ1) is 7.71. The Balaban J connectivity index is 2.65. The average Bonchev–Trinajstić information content (AvgIpc) is 2.58. The smallest absolute Gasteiger partial charge is 0.156 e. The molecule has 0 amide bonds.